The predicted molar refractivity (Wildman–Crippen MR) is 247 cm³/mol. The van der Waals surface area contributed by atoms with Crippen LogP contribution >= 0.6 is 0 Å². The predicted octanol–water partition coefficient (Wildman–Crippen LogP) is 13.6. The molecule has 0 aliphatic heterocycles. The van der Waals surface area contributed by atoms with Gasteiger partial charge in [-0.3, -0.25) is 4.98 Å². The molecule has 2 aromatic heterocycles. The van der Waals surface area contributed by atoms with Gasteiger partial charge < -0.3 is 0 Å². The van der Waals surface area contributed by atoms with E-state index in [2.05, 4.69) is 175 Å². The maximum atomic E-state index is 5.00. The van der Waals surface area contributed by atoms with Gasteiger partial charge in [-0.2, -0.15) is 0 Å². The summed E-state index contributed by atoms with van der Waals surface area (Å²) in [5.74, 6) is 1.90. The first-order chi connectivity index (χ1) is 30.2. The van der Waals surface area contributed by atoms with Crippen molar-refractivity contribution in [2.45, 2.75) is 5.41 Å². The van der Waals surface area contributed by atoms with Gasteiger partial charge in [0.2, 0.25) is 0 Å². The summed E-state index contributed by atoms with van der Waals surface area (Å²) in [6.07, 6.45) is 3.66. The highest BCUT2D eigenvalue weighted by Gasteiger charge is 2.51. The number of pyridine rings is 1. The van der Waals surface area contributed by atoms with Crippen LogP contribution in [0, 0.1) is 0 Å². The fourth-order valence-electron chi connectivity index (χ4n) is 9.64. The van der Waals surface area contributed by atoms with Crippen LogP contribution in [0.2, 0.25) is 0 Å². The second kappa shape index (κ2) is 14.0. The van der Waals surface area contributed by atoms with Gasteiger partial charge in [0.25, 0.3) is 0 Å². The molecule has 12 rings (SSSR count). The first-order valence-corrected chi connectivity index (χ1v) is 20.7. The maximum absolute atomic E-state index is 5.00. The van der Waals surface area contributed by atoms with Gasteiger partial charge in [-0.1, -0.05) is 194 Å². The summed E-state index contributed by atoms with van der Waals surface area (Å²) >= 11 is 0. The van der Waals surface area contributed by atoms with Gasteiger partial charge in [0.15, 0.2) is 17.5 Å². The molecular weight excluding hydrogens is 741 g/mol. The Bertz CT molecular complexity index is 3220. The molecule has 61 heavy (non-hydrogen) atoms. The van der Waals surface area contributed by atoms with Crippen molar-refractivity contribution >= 4 is 0 Å². The van der Waals surface area contributed by atoms with E-state index in [1.807, 2.05) is 42.6 Å². The number of nitrogens with zero attached hydrogens (tertiary/aromatic N) is 4. The molecule has 0 fully saturated rings. The molecule has 0 atom stereocenters. The molecule has 1 spiro atoms. The highest BCUT2D eigenvalue weighted by atomic mass is 15.0. The number of aromatic nitrogens is 4. The Balaban J connectivity index is 0.863. The second-order valence-electron chi connectivity index (χ2n) is 15.8. The topological polar surface area (TPSA) is 51.6 Å². The molecule has 4 heteroatoms. The molecule has 0 N–H and O–H groups in total. The summed E-state index contributed by atoms with van der Waals surface area (Å²) in [7, 11) is 0. The normalized spacial score (nSPS) is 12.7. The highest BCUT2D eigenvalue weighted by molar-refractivity contribution is 5.96. The molecule has 0 radical (unpaired) electrons. The van der Waals surface area contributed by atoms with Crippen molar-refractivity contribution in [1.82, 2.24) is 19.9 Å². The van der Waals surface area contributed by atoms with Crippen molar-refractivity contribution < 1.29 is 0 Å². The van der Waals surface area contributed by atoms with E-state index < -0.39 is 0 Å². The molecule has 0 unspecified atom stereocenters. The molecular formula is C57H36N4. The molecule has 2 heterocycles. The fraction of sp³-hybridized carbons (Fsp3) is 0.0175. The molecule has 284 valence electrons. The van der Waals surface area contributed by atoms with Gasteiger partial charge in [0.05, 0.1) is 5.41 Å². The Kier molecular flexibility index (Phi) is 8.04. The first-order valence-electron chi connectivity index (χ1n) is 20.7. The van der Waals surface area contributed by atoms with E-state index >= 15 is 0 Å². The van der Waals surface area contributed by atoms with E-state index in [1.54, 1.807) is 6.20 Å². The van der Waals surface area contributed by atoms with Crippen molar-refractivity contribution in [2.75, 3.05) is 0 Å². The van der Waals surface area contributed by atoms with E-state index in [9.17, 15) is 0 Å². The van der Waals surface area contributed by atoms with Crippen LogP contribution in [-0.4, -0.2) is 19.9 Å². The monoisotopic (exact) mass is 776 g/mol. The fourth-order valence-corrected chi connectivity index (χ4v) is 9.64. The molecule has 0 saturated heterocycles. The average Bonchev–Trinajstić information content (AvgIpc) is 3.82. The zero-order valence-electron chi connectivity index (χ0n) is 33.1. The second-order valence-corrected chi connectivity index (χ2v) is 15.8. The standard InChI is InChI=1S/C57H36N4/c1-2-11-41(12-3-1)54-59-55(61-56(60-54)43-30-26-40(27-31-43)45-13-10-34-58-36-45)42-28-24-38(25-29-42)37-20-22-39(23-21-37)44-32-33-53-49(35-44)48-16-6-9-19-52(48)57(53)50-17-7-4-14-46(50)47-15-5-8-18-51(47)57/h1-36H. The number of benzene rings is 8. The first kappa shape index (κ1) is 34.9. The minimum Gasteiger partial charge on any atom is -0.264 e. The average molecular weight is 777 g/mol. The van der Waals surface area contributed by atoms with Gasteiger partial charge in [-0.05, 0) is 90.0 Å². The van der Waals surface area contributed by atoms with Crippen LogP contribution in [-0.2, 0) is 5.41 Å². The Morgan fingerprint density at radius 3 is 1.11 bits per heavy atom. The molecule has 2 aliphatic carbocycles. The van der Waals surface area contributed by atoms with Crippen LogP contribution in [0.15, 0.2) is 219 Å². The van der Waals surface area contributed by atoms with E-state index in [1.165, 1.54) is 55.6 Å². The Morgan fingerprint density at radius 2 is 0.623 bits per heavy atom. The molecule has 2 aliphatic rings. The lowest BCUT2D eigenvalue weighted by atomic mass is 9.70. The highest BCUT2D eigenvalue weighted by Crippen LogP contribution is 2.62. The maximum Gasteiger partial charge on any atom is 0.164 e. The number of hydrogen-bond donors (Lipinski definition) is 0. The third-order valence-corrected chi connectivity index (χ3v) is 12.5. The van der Waals surface area contributed by atoms with Crippen molar-refractivity contribution in [1.29, 1.82) is 0 Å². The lowest BCUT2D eigenvalue weighted by Gasteiger charge is -2.30. The van der Waals surface area contributed by atoms with Gasteiger partial charge >= 0.3 is 0 Å². The zero-order valence-corrected chi connectivity index (χ0v) is 33.1. The molecule has 8 aromatic carbocycles. The van der Waals surface area contributed by atoms with Gasteiger partial charge in [-0.15, -0.1) is 0 Å². The Hall–Kier alpha value is -8.08. The summed E-state index contributed by atoms with van der Waals surface area (Å²) in [4.78, 5) is 19.2. The van der Waals surface area contributed by atoms with E-state index in [0.717, 1.165) is 38.9 Å². The Morgan fingerprint density at radius 1 is 0.262 bits per heavy atom. The number of hydrogen-bond acceptors (Lipinski definition) is 4. The Labute approximate surface area is 354 Å². The quantitative estimate of drug-likeness (QED) is 0.169. The zero-order chi connectivity index (χ0) is 40.3. The minimum atomic E-state index is -0.327. The van der Waals surface area contributed by atoms with E-state index in [0.29, 0.717) is 17.5 Å². The number of rotatable bonds is 6. The minimum absolute atomic E-state index is 0.327. The third kappa shape index (κ3) is 5.61. The van der Waals surface area contributed by atoms with Crippen molar-refractivity contribution in [2.24, 2.45) is 0 Å². The SMILES string of the molecule is c1ccc(-c2nc(-c3ccc(-c4ccc(-c5ccc6c(c5)-c5ccccc5C65c6ccccc6-c6ccccc65)cc4)cc3)nc(-c3ccc(-c4cccnc4)cc3)n2)cc1. The van der Waals surface area contributed by atoms with E-state index in [-0.39, 0.29) is 5.41 Å². The van der Waals surface area contributed by atoms with Crippen LogP contribution in [0.1, 0.15) is 22.3 Å². The van der Waals surface area contributed by atoms with Crippen LogP contribution in [0.5, 0.6) is 0 Å². The van der Waals surface area contributed by atoms with Gasteiger partial charge in [0.1, 0.15) is 0 Å². The summed E-state index contributed by atoms with van der Waals surface area (Å²) in [5.41, 5.74) is 20.0. The smallest absolute Gasteiger partial charge is 0.164 e. The lowest BCUT2D eigenvalue weighted by Crippen LogP contribution is -2.25. The number of fused-ring (bicyclic) bond motifs is 10. The molecule has 0 saturated carbocycles. The van der Waals surface area contributed by atoms with Gasteiger partial charge in [-0.25, -0.2) is 15.0 Å². The van der Waals surface area contributed by atoms with Crippen LogP contribution in [0.4, 0.5) is 0 Å². The summed E-state index contributed by atoms with van der Waals surface area (Å²) in [6, 6.07) is 73.9. The summed E-state index contributed by atoms with van der Waals surface area (Å²) in [5, 5.41) is 0. The third-order valence-electron chi connectivity index (χ3n) is 12.5. The van der Waals surface area contributed by atoms with Crippen LogP contribution in [0.3, 0.4) is 0 Å². The summed E-state index contributed by atoms with van der Waals surface area (Å²) < 4.78 is 0. The van der Waals surface area contributed by atoms with Crippen LogP contribution in [0.25, 0.3) is 89.8 Å². The van der Waals surface area contributed by atoms with Crippen molar-refractivity contribution in [3.63, 3.8) is 0 Å². The molecule has 4 nitrogen and oxygen atoms in total. The molecule has 0 amide bonds. The molecule has 10 aromatic rings. The van der Waals surface area contributed by atoms with Crippen LogP contribution < -0.4 is 0 Å². The molecule has 0 bridgehead atoms. The van der Waals surface area contributed by atoms with Crippen molar-refractivity contribution in [3.05, 3.63) is 241 Å². The lowest BCUT2D eigenvalue weighted by molar-refractivity contribution is 0.794. The van der Waals surface area contributed by atoms with Gasteiger partial charge in [0, 0.05) is 29.1 Å². The van der Waals surface area contributed by atoms with E-state index in [4.69, 9.17) is 15.0 Å². The largest absolute Gasteiger partial charge is 0.264 e. The van der Waals surface area contributed by atoms with Crippen molar-refractivity contribution in [3.8, 4) is 89.8 Å². The summed E-state index contributed by atoms with van der Waals surface area (Å²) in [6.45, 7) is 0.